The number of ether oxygens (including phenoxy) is 1. The van der Waals surface area contributed by atoms with E-state index in [1.54, 1.807) is 18.7 Å². The van der Waals surface area contributed by atoms with Crippen LogP contribution in [0.25, 0.3) is 0 Å². The van der Waals surface area contributed by atoms with Crippen molar-refractivity contribution in [3.63, 3.8) is 0 Å². The Kier molecular flexibility index (Phi) is 3.66. The van der Waals surface area contributed by atoms with Gasteiger partial charge in [0.25, 0.3) is 5.91 Å². The van der Waals surface area contributed by atoms with Crippen LogP contribution in [0.2, 0.25) is 0 Å². The summed E-state index contributed by atoms with van der Waals surface area (Å²) in [5, 5.41) is 0. The second kappa shape index (κ2) is 4.40. The van der Waals surface area contributed by atoms with Crippen LogP contribution in [0.15, 0.2) is 0 Å². The highest BCUT2D eigenvalue weighted by Crippen LogP contribution is 2.13. The number of rotatable bonds is 2. The zero-order chi connectivity index (χ0) is 10.8. The van der Waals surface area contributed by atoms with E-state index in [4.69, 9.17) is 4.74 Å². The van der Waals surface area contributed by atoms with E-state index in [9.17, 15) is 9.00 Å². The molecule has 82 valence electrons. The van der Waals surface area contributed by atoms with Crippen molar-refractivity contribution in [2.75, 3.05) is 31.7 Å². The molecule has 1 heterocycles. The minimum Gasteiger partial charge on any atom is -0.369 e. The molecule has 1 rings (SSSR count). The highest BCUT2D eigenvalue weighted by molar-refractivity contribution is 7.85. The highest BCUT2D eigenvalue weighted by Gasteiger charge is 2.33. The van der Waals surface area contributed by atoms with Gasteiger partial charge in [-0.15, -0.1) is 0 Å². The van der Waals surface area contributed by atoms with E-state index in [2.05, 4.69) is 0 Å². The fraction of sp³-hybridized carbons (Fsp3) is 0.889. The summed E-state index contributed by atoms with van der Waals surface area (Å²) in [4.78, 5) is 13.6. The molecule has 0 unspecified atom stereocenters. The standard InChI is InChI=1S/C9H17NO3S/c1-9(2,13-3)8(11)10-4-6-14(12)7-5-10/h4-7H2,1-3H3. The quantitative estimate of drug-likeness (QED) is 0.657. The van der Waals surface area contributed by atoms with Gasteiger partial charge >= 0.3 is 0 Å². The van der Waals surface area contributed by atoms with Crippen molar-refractivity contribution in [1.29, 1.82) is 0 Å². The molecule has 0 aliphatic carbocycles. The number of methoxy groups -OCH3 is 1. The van der Waals surface area contributed by atoms with Gasteiger partial charge in [-0.25, -0.2) is 0 Å². The number of carbonyl (C=O) groups excluding carboxylic acids is 1. The van der Waals surface area contributed by atoms with Crippen LogP contribution in [0, 0.1) is 0 Å². The lowest BCUT2D eigenvalue weighted by atomic mass is 10.1. The lowest BCUT2D eigenvalue weighted by Crippen LogP contribution is -2.51. The van der Waals surface area contributed by atoms with Gasteiger partial charge in [-0.2, -0.15) is 0 Å². The first-order chi connectivity index (χ1) is 6.47. The molecule has 5 heteroatoms. The van der Waals surface area contributed by atoms with E-state index in [-0.39, 0.29) is 5.91 Å². The Bertz CT molecular complexity index is 242. The molecule has 0 saturated carbocycles. The minimum absolute atomic E-state index is 0.0169. The van der Waals surface area contributed by atoms with Gasteiger partial charge in [0.15, 0.2) is 0 Å². The molecule has 1 aliphatic rings. The van der Waals surface area contributed by atoms with Crippen molar-refractivity contribution in [2.24, 2.45) is 0 Å². The summed E-state index contributed by atoms with van der Waals surface area (Å²) >= 11 is 0. The van der Waals surface area contributed by atoms with Crippen molar-refractivity contribution in [3.05, 3.63) is 0 Å². The number of amides is 1. The van der Waals surface area contributed by atoms with E-state index in [0.29, 0.717) is 24.6 Å². The highest BCUT2D eigenvalue weighted by atomic mass is 32.2. The minimum atomic E-state index is -0.765. The summed E-state index contributed by atoms with van der Waals surface area (Å²) in [6.45, 7) is 4.66. The number of hydrogen-bond donors (Lipinski definition) is 0. The largest absolute Gasteiger partial charge is 0.369 e. The first-order valence-electron chi connectivity index (χ1n) is 4.67. The van der Waals surface area contributed by atoms with Crippen molar-refractivity contribution >= 4 is 16.7 Å². The van der Waals surface area contributed by atoms with Crippen molar-refractivity contribution in [3.8, 4) is 0 Å². The molecule has 4 nitrogen and oxygen atoms in total. The average Bonchev–Trinajstić information content (AvgIpc) is 2.18. The molecular weight excluding hydrogens is 202 g/mol. The summed E-state index contributed by atoms with van der Waals surface area (Å²) in [7, 11) is 0.787. The first kappa shape index (κ1) is 11.7. The zero-order valence-corrected chi connectivity index (χ0v) is 9.73. The van der Waals surface area contributed by atoms with Crippen LogP contribution in [-0.4, -0.2) is 52.3 Å². The van der Waals surface area contributed by atoms with Gasteiger partial charge in [0.05, 0.1) is 0 Å². The SMILES string of the molecule is COC(C)(C)C(=O)N1CCS(=O)CC1. The summed E-state index contributed by atoms with van der Waals surface area (Å²) < 4.78 is 16.2. The second-order valence-corrected chi connectivity index (χ2v) is 5.55. The molecule has 14 heavy (non-hydrogen) atoms. The summed E-state index contributed by atoms with van der Waals surface area (Å²) in [6.07, 6.45) is 0. The van der Waals surface area contributed by atoms with Crippen molar-refractivity contribution in [1.82, 2.24) is 4.90 Å². The Hall–Kier alpha value is -0.420. The van der Waals surface area contributed by atoms with Crippen LogP contribution in [-0.2, 0) is 20.3 Å². The first-order valence-corrected chi connectivity index (χ1v) is 6.15. The van der Waals surface area contributed by atoms with E-state index in [1.165, 1.54) is 7.11 Å². The Balaban J connectivity index is 2.58. The average molecular weight is 219 g/mol. The Morgan fingerprint density at radius 3 is 2.29 bits per heavy atom. The molecule has 1 amide bonds. The van der Waals surface area contributed by atoms with Gasteiger partial charge in [0, 0.05) is 42.5 Å². The van der Waals surface area contributed by atoms with Crippen molar-refractivity contribution in [2.45, 2.75) is 19.4 Å². The lowest BCUT2D eigenvalue weighted by molar-refractivity contribution is -0.150. The van der Waals surface area contributed by atoms with E-state index < -0.39 is 16.4 Å². The molecule has 0 radical (unpaired) electrons. The molecule has 1 saturated heterocycles. The van der Waals surface area contributed by atoms with Gasteiger partial charge in [-0.05, 0) is 13.8 Å². The van der Waals surface area contributed by atoms with Crippen LogP contribution in [0.4, 0.5) is 0 Å². The molecule has 0 spiro atoms. The fourth-order valence-corrected chi connectivity index (χ4v) is 2.36. The Labute approximate surface area is 87.1 Å². The maximum Gasteiger partial charge on any atom is 0.254 e. The Morgan fingerprint density at radius 2 is 1.86 bits per heavy atom. The summed E-state index contributed by atoms with van der Waals surface area (Å²) in [5.41, 5.74) is -0.765. The van der Waals surface area contributed by atoms with Crippen LogP contribution in [0.1, 0.15) is 13.8 Å². The van der Waals surface area contributed by atoms with E-state index in [1.807, 2.05) is 0 Å². The third kappa shape index (κ3) is 2.54. The van der Waals surface area contributed by atoms with Crippen LogP contribution in [0.5, 0.6) is 0 Å². The van der Waals surface area contributed by atoms with Gasteiger partial charge in [-0.3, -0.25) is 9.00 Å². The van der Waals surface area contributed by atoms with Crippen LogP contribution in [0.3, 0.4) is 0 Å². The van der Waals surface area contributed by atoms with Crippen LogP contribution >= 0.6 is 0 Å². The third-order valence-corrected chi connectivity index (χ3v) is 3.77. The molecular formula is C9H17NO3S. The van der Waals surface area contributed by atoms with Crippen LogP contribution < -0.4 is 0 Å². The monoisotopic (exact) mass is 219 g/mol. The maximum atomic E-state index is 11.9. The fourth-order valence-electron chi connectivity index (χ4n) is 1.31. The third-order valence-electron chi connectivity index (χ3n) is 2.49. The zero-order valence-electron chi connectivity index (χ0n) is 8.91. The Morgan fingerprint density at radius 1 is 1.36 bits per heavy atom. The van der Waals surface area contributed by atoms with Gasteiger partial charge in [-0.1, -0.05) is 0 Å². The molecule has 1 fully saturated rings. The predicted molar refractivity (Wildman–Crippen MR) is 55.5 cm³/mol. The molecule has 0 aromatic rings. The van der Waals surface area contributed by atoms with E-state index in [0.717, 1.165) is 0 Å². The molecule has 1 aliphatic heterocycles. The topological polar surface area (TPSA) is 46.6 Å². The molecule has 0 N–H and O–H groups in total. The molecule has 0 atom stereocenters. The smallest absolute Gasteiger partial charge is 0.254 e. The van der Waals surface area contributed by atoms with E-state index >= 15 is 0 Å². The van der Waals surface area contributed by atoms with Gasteiger partial charge in [0.1, 0.15) is 5.60 Å². The normalized spacial score (nSPS) is 19.8. The lowest BCUT2D eigenvalue weighted by Gasteiger charge is -2.33. The summed E-state index contributed by atoms with van der Waals surface area (Å²) in [6, 6.07) is 0. The summed E-state index contributed by atoms with van der Waals surface area (Å²) in [5.74, 6) is 1.16. The van der Waals surface area contributed by atoms with Crippen molar-refractivity contribution < 1.29 is 13.7 Å². The molecule has 0 aromatic heterocycles. The molecule has 0 aromatic carbocycles. The number of nitrogens with zero attached hydrogens (tertiary/aromatic N) is 1. The maximum absolute atomic E-state index is 11.9. The number of hydrogen-bond acceptors (Lipinski definition) is 3. The molecule has 0 bridgehead atoms. The van der Waals surface area contributed by atoms with Gasteiger partial charge in [0.2, 0.25) is 0 Å². The number of carbonyl (C=O) groups is 1. The van der Waals surface area contributed by atoms with Gasteiger partial charge < -0.3 is 9.64 Å². The predicted octanol–water partition coefficient (Wildman–Crippen LogP) is 0.00230. The second-order valence-electron chi connectivity index (χ2n) is 3.85.